The number of nitrogens with zero attached hydrogens (tertiary/aromatic N) is 1. The first-order chi connectivity index (χ1) is 7.10. The van der Waals surface area contributed by atoms with Crippen LogP contribution < -0.4 is 11.1 Å². The van der Waals surface area contributed by atoms with E-state index in [0.29, 0.717) is 13.2 Å². The van der Waals surface area contributed by atoms with Gasteiger partial charge in [0.2, 0.25) is 5.91 Å². The average molecular weight is 215 g/mol. The summed E-state index contributed by atoms with van der Waals surface area (Å²) in [5, 5.41) is 2.66. The number of rotatable bonds is 3. The second-order valence-corrected chi connectivity index (χ2v) is 4.03. The minimum atomic E-state index is -0.122. The van der Waals surface area contributed by atoms with Crippen LogP contribution in [-0.4, -0.2) is 55.7 Å². The Hall–Kier alpha value is -0.650. The number of amides is 1. The fourth-order valence-corrected chi connectivity index (χ4v) is 1.88. The zero-order chi connectivity index (χ0) is 11.4. The van der Waals surface area contributed by atoms with Crippen molar-refractivity contribution in [3.05, 3.63) is 0 Å². The minimum Gasteiger partial charge on any atom is -0.374 e. The van der Waals surface area contributed by atoms with E-state index in [9.17, 15) is 4.79 Å². The van der Waals surface area contributed by atoms with Crippen LogP contribution in [0.15, 0.2) is 0 Å². The number of likely N-dealkylation sites (N-methyl/N-ethyl adjacent to an activating group) is 1. The van der Waals surface area contributed by atoms with Gasteiger partial charge in [-0.25, -0.2) is 0 Å². The monoisotopic (exact) mass is 215 g/mol. The SMILES string of the molecule is CNC(=O)C(C)N1CC(CN)OCC1C. The van der Waals surface area contributed by atoms with E-state index >= 15 is 0 Å². The minimum absolute atomic E-state index is 0.0412. The summed E-state index contributed by atoms with van der Waals surface area (Å²) in [5.74, 6) is 0.0412. The molecule has 1 heterocycles. The Bertz CT molecular complexity index is 223. The Morgan fingerprint density at radius 3 is 2.93 bits per heavy atom. The molecule has 88 valence electrons. The summed E-state index contributed by atoms with van der Waals surface area (Å²) >= 11 is 0. The lowest BCUT2D eigenvalue weighted by atomic mass is 10.1. The maximum Gasteiger partial charge on any atom is 0.236 e. The quantitative estimate of drug-likeness (QED) is 0.645. The van der Waals surface area contributed by atoms with Gasteiger partial charge < -0.3 is 15.8 Å². The van der Waals surface area contributed by atoms with E-state index < -0.39 is 0 Å². The Labute approximate surface area is 90.9 Å². The van der Waals surface area contributed by atoms with E-state index in [2.05, 4.69) is 17.1 Å². The predicted octanol–water partition coefficient (Wildman–Crippen LogP) is -0.831. The van der Waals surface area contributed by atoms with Crippen LogP contribution in [0.5, 0.6) is 0 Å². The summed E-state index contributed by atoms with van der Waals surface area (Å²) in [6.45, 7) is 5.85. The van der Waals surface area contributed by atoms with Gasteiger partial charge in [-0.2, -0.15) is 0 Å². The number of carbonyl (C=O) groups excluding carboxylic acids is 1. The lowest BCUT2D eigenvalue weighted by Gasteiger charge is -2.40. The van der Waals surface area contributed by atoms with E-state index in [1.54, 1.807) is 7.05 Å². The summed E-state index contributed by atoms with van der Waals surface area (Å²) in [6.07, 6.45) is 0.0494. The highest BCUT2D eigenvalue weighted by Gasteiger charge is 2.31. The highest BCUT2D eigenvalue weighted by atomic mass is 16.5. The predicted molar refractivity (Wildman–Crippen MR) is 58.5 cm³/mol. The molecule has 0 aliphatic carbocycles. The normalized spacial score (nSPS) is 29.9. The van der Waals surface area contributed by atoms with Crippen molar-refractivity contribution < 1.29 is 9.53 Å². The van der Waals surface area contributed by atoms with E-state index in [-0.39, 0.29) is 24.1 Å². The number of carbonyl (C=O) groups is 1. The molecule has 1 amide bonds. The standard InChI is InChI=1S/C10H21N3O2/c1-7-6-15-9(4-11)5-13(7)8(2)10(14)12-3/h7-9H,4-6,11H2,1-3H3,(H,12,14). The van der Waals surface area contributed by atoms with Crippen LogP contribution in [0.4, 0.5) is 0 Å². The molecule has 5 nitrogen and oxygen atoms in total. The average Bonchev–Trinajstić information content (AvgIpc) is 2.27. The Morgan fingerprint density at radius 1 is 1.73 bits per heavy atom. The van der Waals surface area contributed by atoms with Crippen molar-refractivity contribution in [2.24, 2.45) is 5.73 Å². The Balaban J connectivity index is 2.60. The third-order valence-electron chi connectivity index (χ3n) is 2.94. The third kappa shape index (κ3) is 2.90. The van der Waals surface area contributed by atoms with Crippen molar-refractivity contribution in [3.8, 4) is 0 Å². The van der Waals surface area contributed by atoms with Crippen molar-refractivity contribution in [1.29, 1.82) is 0 Å². The largest absolute Gasteiger partial charge is 0.374 e. The molecule has 0 bridgehead atoms. The number of hydrogen-bond acceptors (Lipinski definition) is 4. The van der Waals surface area contributed by atoms with Crippen LogP contribution in [0.1, 0.15) is 13.8 Å². The van der Waals surface area contributed by atoms with Crippen molar-refractivity contribution in [2.45, 2.75) is 32.0 Å². The number of nitrogens with two attached hydrogens (primary N) is 1. The molecular weight excluding hydrogens is 194 g/mol. The Kier molecular flexibility index (Phi) is 4.50. The smallest absolute Gasteiger partial charge is 0.236 e. The maximum atomic E-state index is 11.5. The van der Waals surface area contributed by atoms with E-state index in [0.717, 1.165) is 6.54 Å². The van der Waals surface area contributed by atoms with Crippen LogP contribution in [0.2, 0.25) is 0 Å². The number of nitrogens with one attached hydrogen (secondary N) is 1. The molecule has 3 N–H and O–H groups in total. The van der Waals surface area contributed by atoms with Crippen molar-refractivity contribution >= 4 is 5.91 Å². The van der Waals surface area contributed by atoms with Crippen LogP contribution in [0, 0.1) is 0 Å². The first-order valence-corrected chi connectivity index (χ1v) is 5.39. The molecule has 0 saturated carbocycles. The topological polar surface area (TPSA) is 67.6 Å². The molecule has 0 radical (unpaired) electrons. The maximum absolute atomic E-state index is 11.5. The number of morpholine rings is 1. The number of hydrogen-bond donors (Lipinski definition) is 2. The molecule has 15 heavy (non-hydrogen) atoms. The zero-order valence-electron chi connectivity index (χ0n) is 9.69. The fraction of sp³-hybridized carbons (Fsp3) is 0.900. The summed E-state index contributed by atoms with van der Waals surface area (Å²) in [4.78, 5) is 13.7. The first kappa shape index (κ1) is 12.4. The van der Waals surface area contributed by atoms with Crippen molar-refractivity contribution in [3.63, 3.8) is 0 Å². The van der Waals surface area contributed by atoms with Crippen LogP contribution in [-0.2, 0) is 9.53 Å². The van der Waals surface area contributed by atoms with Gasteiger partial charge >= 0.3 is 0 Å². The van der Waals surface area contributed by atoms with Gasteiger partial charge in [0.1, 0.15) is 0 Å². The first-order valence-electron chi connectivity index (χ1n) is 5.39. The molecule has 1 fully saturated rings. The van der Waals surface area contributed by atoms with Crippen LogP contribution in [0.25, 0.3) is 0 Å². The van der Waals surface area contributed by atoms with Gasteiger partial charge in [0, 0.05) is 26.2 Å². The molecule has 1 rings (SSSR count). The molecule has 0 aromatic carbocycles. The highest BCUT2D eigenvalue weighted by Crippen LogP contribution is 2.14. The van der Waals surface area contributed by atoms with Gasteiger partial charge in [0.15, 0.2) is 0 Å². The van der Waals surface area contributed by atoms with Crippen LogP contribution >= 0.6 is 0 Å². The van der Waals surface area contributed by atoms with E-state index in [4.69, 9.17) is 10.5 Å². The van der Waals surface area contributed by atoms with E-state index in [1.165, 1.54) is 0 Å². The van der Waals surface area contributed by atoms with Crippen LogP contribution in [0.3, 0.4) is 0 Å². The van der Waals surface area contributed by atoms with Gasteiger partial charge in [-0.1, -0.05) is 0 Å². The van der Waals surface area contributed by atoms with Gasteiger partial charge in [0.05, 0.1) is 18.8 Å². The molecular formula is C10H21N3O2. The second-order valence-electron chi connectivity index (χ2n) is 4.03. The summed E-state index contributed by atoms with van der Waals surface area (Å²) in [5.41, 5.74) is 5.57. The van der Waals surface area contributed by atoms with Gasteiger partial charge in [0.25, 0.3) is 0 Å². The molecule has 0 aromatic rings. The molecule has 0 aromatic heterocycles. The molecule has 5 heteroatoms. The summed E-state index contributed by atoms with van der Waals surface area (Å²) in [7, 11) is 1.66. The molecule has 1 aliphatic rings. The molecule has 1 aliphatic heterocycles. The van der Waals surface area contributed by atoms with E-state index in [1.807, 2.05) is 6.92 Å². The van der Waals surface area contributed by atoms with Crippen molar-refractivity contribution in [1.82, 2.24) is 10.2 Å². The molecule has 3 atom stereocenters. The summed E-state index contributed by atoms with van der Waals surface area (Å²) < 4.78 is 5.53. The number of ether oxygens (including phenoxy) is 1. The second kappa shape index (κ2) is 5.44. The fourth-order valence-electron chi connectivity index (χ4n) is 1.88. The highest BCUT2D eigenvalue weighted by molar-refractivity contribution is 5.81. The lowest BCUT2D eigenvalue weighted by molar-refractivity contribution is -0.131. The molecule has 0 spiro atoms. The summed E-state index contributed by atoms with van der Waals surface area (Å²) in [6, 6.07) is 0.142. The third-order valence-corrected chi connectivity index (χ3v) is 2.94. The van der Waals surface area contributed by atoms with Gasteiger partial charge in [-0.15, -0.1) is 0 Å². The molecule has 3 unspecified atom stereocenters. The molecule has 1 saturated heterocycles. The van der Waals surface area contributed by atoms with Gasteiger partial charge in [-0.3, -0.25) is 9.69 Å². The Morgan fingerprint density at radius 2 is 2.40 bits per heavy atom. The lowest BCUT2D eigenvalue weighted by Crippen LogP contribution is -2.57. The zero-order valence-corrected chi connectivity index (χ0v) is 9.69. The van der Waals surface area contributed by atoms with Gasteiger partial charge in [-0.05, 0) is 13.8 Å². The van der Waals surface area contributed by atoms with Crippen molar-refractivity contribution in [2.75, 3.05) is 26.7 Å².